The van der Waals surface area contributed by atoms with Gasteiger partial charge in [0.25, 0.3) is 0 Å². The highest BCUT2D eigenvalue weighted by Crippen LogP contribution is 2.23. The van der Waals surface area contributed by atoms with Gasteiger partial charge >= 0.3 is 0 Å². The Morgan fingerprint density at radius 3 is 2.67 bits per heavy atom. The number of carbonyl (C=O) groups is 1. The highest BCUT2D eigenvalue weighted by Gasteiger charge is 2.34. The number of sulfonamides is 1. The number of nitrogens with zero attached hydrogens (tertiary/aromatic N) is 2. The van der Waals surface area contributed by atoms with Crippen LogP contribution in [0.25, 0.3) is 0 Å². The first kappa shape index (κ1) is 22.2. The monoisotopic (exact) mass is 438 g/mol. The molecule has 0 saturated carbocycles. The third-order valence-electron chi connectivity index (χ3n) is 4.75. The van der Waals surface area contributed by atoms with E-state index in [2.05, 4.69) is 20.0 Å². The topological polar surface area (TPSA) is 131 Å². The van der Waals surface area contributed by atoms with Crippen molar-refractivity contribution in [3.8, 4) is 0 Å². The Hall–Kier alpha value is -2.47. The number of hydrogen-bond donors (Lipinski definition) is 3. The number of aliphatic hydroxyl groups excluding tert-OH is 1. The number of hydrogen-bond acceptors (Lipinski definition) is 7. The third kappa shape index (κ3) is 6.02. The molecule has 2 heterocycles. The minimum atomic E-state index is -3.90. The van der Waals surface area contributed by atoms with Crippen molar-refractivity contribution >= 4 is 15.9 Å². The minimum absolute atomic E-state index is 0.0770. The fraction of sp³-hybridized carbons (Fsp3) is 0.421. The average molecular weight is 438 g/mol. The molecule has 0 bridgehead atoms. The molecular formula is C19H23FN4O5S. The first-order valence-electron chi connectivity index (χ1n) is 9.43. The highest BCUT2D eigenvalue weighted by molar-refractivity contribution is 7.89. The van der Waals surface area contributed by atoms with Crippen LogP contribution in [-0.2, 0) is 26.1 Å². The number of aromatic nitrogens is 2. The highest BCUT2D eigenvalue weighted by atomic mass is 32.2. The Morgan fingerprint density at radius 2 is 2.00 bits per heavy atom. The standard InChI is InChI=1S/C19H23FN4O5S/c20-13-1-4-16(5-2-13)30(27,28)24-17-6-3-15(29-18(17)11-25)9-19(26)22-10-14-7-8-21-12-23-14/h1-2,4-5,7-8,12,15,17-18,24-25H,3,6,9-11H2,(H,22,26)/t15-,17+,18-/m1/s1. The number of benzene rings is 1. The van der Waals surface area contributed by atoms with Gasteiger partial charge in [0.05, 0.1) is 48.4 Å². The van der Waals surface area contributed by atoms with Gasteiger partial charge in [0.15, 0.2) is 0 Å². The van der Waals surface area contributed by atoms with Crippen LogP contribution in [-0.4, -0.2) is 54.3 Å². The van der Waals surface area contributed by atoms with E-state index >= 15 is 0 Å². The van der Waals surface area contributed by atoms with Crippen LogP contribution in [0.15, 0.2) is 47.8 Å². The van der Waals surface area contributed by atoms with Crippen LogP contribution in [0.1, 0.15) is 25.0 Å². The first-order valence-corrected chi connectivity index (χ1v) is 10.9. The molecule has 2 aromatic rings. The van der Waals surface area contributed by atoms with Crippen LogP contribution >= 0.6 is 0 Å². The summed E-state index contributed by atoms with van der Waals surface area (Å²) in [4.78, 5) is 19.9. The van der Waals surface area contributed by atoms with E-state index in [1.807, 2.05) is 0 Å². The summed E-state index contributed by atoms with van der Waals surface area (Å²) in [6.07, 6.45) is 2.64. The van der Waals surface area contributed by atoms with Gasteiger partial charge in [0, 0.05) is 6.20 Å². The van der Waals surface area contributed by atoms with Gasteiger partial charge in [0.1, 0.15) is 12.1 Å². The van der Waals surface area contributed by atoms with E-state index in [0.717, 1.165) is 12.1 Å². The molecule has 162 valence electrons. The Labute approximate surface area is 173 Å². The number of rotatable bonds is 8. The number of ether oxygens (including phenoxy) is 1. The predicted octanol–water partition coefficient (Wildman–Crippen LogP) is 0.509. The van der Waals surface area contributed by atoms with E-state index in [1.165, 1.54) is 18.5 Å². The van der Waals surface area contributed by atoms with Gasteiger partial charge < -0.3 is 15.2 Å². The first-order chi connectivity index (χ1) is 14.4. The minimum Gasteiger partial charge on any atom is -0.394 e. The molecule has 11 heteroatoms. The van der Waals surface area contributed by atoms with Crippen LogP contribution in [0.4, 0.5) is 4.39 Å². The van der Waals surface area contributed by atoms with Crippen molar-refractivity contribution in [3.05, 3.63) is 54.4 Å². The number of carbonyl (C=O) groups excluding carboxylic acids is 1. The summed E-state index contributed by atoms with van der Waals surface area (Å²) in [5, 5.41) is 12.4. The lowest BCUT2D eigenvalue weighted by Gasteiger charge is -2.35. The molecule has 1 amide bonds. The van der Waals surface area contributed by atoms with E-state index in [9.17, 15) is 22.7 Å². The summed E-state index contributed by atoms with van der Waals surface area (Å²) >= 11 is 0. The maximum absolute atomic E-state index is 13.0. The van der Waals surface area contributed by atoms with Gasteiger partial charge in [-0.3, -0.25) is 4.79 Å². The molecule has 3 rings (SSSR count). The quantitative estimate of drug-likeness (QED) is 0.547. The van der Waals surface area contributed by atoms with Crippen molar-refractivity contribution in [1.29, 1.82) is 0 Å². The molecule has 0 spiro atoms. The molecule has 0 unspecified atom stereocenters. The fourth-order valence-corrected chi connectivity index (χ4v) is 4.49. The fourth-order valence-electron chi connectivity index (χ4n) is 3.19. The predicted molar refractivity (Wildman–Crippen MR) is 104 cm³/mol. The van der Waals surface area contributed by atoms with Crippen LogP contribution < -0.4 is 10.0 Å². The smallest absolute Gasteiger partial charge is 0.240 e. The summed E-state index contributed by atoms with van der Waals surface area (Å²) in [7, 11) is -3.90. The normalized spacial score (nSPS) is 21.9. The Morgan fingerprint density at radius 1 is 1.23 bits per heavy atom. The summed E-state index contributed by atoms with van der Waals surface area (Å²) in [5.41, 5.74) is 0.673. The second-order valence-corrected chi connectivity index (χ2v) is 8.63. The van der Waals surface area contributed by atoms with Gasteiger partial charge in [-0.1, -0.05) is 0 Å². The summed E-state index contributed by atoms with van der Waals surface area (Å²) in [6.45, 7) is -0.146. The average Bonchev–Trinajstić information content (AvgIpc) is 2.74. The Kier molecular flexibility index (Phi) is 7.43. The molecule has 1 aromatic carbocycles. The van der Waals surface area contributed by atoms with Crippen molar-refractivity contribution in [2.24, 2.45) is 0 Å². The van der Waals surface area contributed by atoms with Crippen molar-refractivity contribution in [3.63, 3.8) is 0 Å². The van der Waals surface area contributed by atoms with E-state index < -0.39 is 40.7 Å². The number of halogens is 1. The SMILES string of the molecule is O=C(C[C@H]1CC[C@H](NS(=O)(=O)c2ccc(F)cc2)[C@@H](CO)O1)NCc1ccncn1. The molecule has 0 aliphatic carbocycles. The molecule has 0 radical (unpaired) electrons. The molecule has 1 saturated heterocycles. The van der Waals surface area contributed by atoms with Crippen LogP contribution in [0.3, 0.4) is 0 Å². The van der Waals surface area contributed by atoms with Crippen LogP contribution in [0.2, 0.25) is 0 Å². The van der Waals surface area contributed by atoms with Gasteiger partial charge in [-0.05, 0) is 43.2 Å². The van der Waals surface area contributed by atoms with Gasteiger partial charge in [0.2, 0.25) is 15.9 Å². The molecule has 1 aliphatic heterocycles. The maximum Gasteiger partial charge on any atom is 0.240 e. The van der Waals surface area contributed by atoms with E-state index in [-0.39, 0.29) is 23.8 Å². The molecular weight excluding hydrogens is 415 g/mol. The molecule has 3 atom stereocenters. The molecule has 30 heavy (non-hydrogen) atoms. The van der Waals surface area contributed by atoms with Gasteiger partial charge in [-0.15, -0.1) is 0 Å². The van der Waals surface area contributed by atoms with Crippen LogP contribution in [0, 0.1) is 5.82 Å². The summed E-state index contributed by atoms with van der Waals surface area (Å²) in [5.74, 6) is -0.773. The lowest BCUT2D eigenvalue weighted by atomic mass is 9.98. The second kappa shape index (κ2) is 10.0. The van der Waals surface area contributed by atoms with E-state index in [0.29, 0.717) is 18.5 Å². The third-order valence-corrected chi connectivity index (χ3v) is 6.25. The van der Waals surface area contributed by atoms with Crippen molar-refractivity contribution in [2.75, 3.05) is 6.61 Å². The van der Waals surface area contributed by atoms with E-state index in [4.69, 9.17) is 4.74 Å². The molecule has 1 aliphatic rings. The zero-order valence-electron chi connectivity index (χ0n) is 16.1. The summed E-state index contributed by atoms with van der Waals surface area (Å²) in [6, 6.07) is 5.49. The summed E-state index contributed by atoms with van der Waals surface area (Å²) < 4.78 is 46.3. The number of aliphatic hydroxyl groups is 1. The second-order valence-electron chi connectivity index (χ2n) is 6.92. The van der Waals surface area contributed by atoms with Gasteiger partial charge in [-0.2, -0.15) is 0 Å². The van der Waals surface area contributed by atoms with Crippen LogP contribution in [0.5, 0.6) is 0 Å². The van der Waals surface area contributed by atoms with Gasteiger partial charge in [-0.25, -0.2) is 27.5 Å². The number of amides is 1. The molecule has 1 fully saturated rings. The Bertz CT molecular complexity index is 943. The number of nitrogens with one attached hydrogen (secondary N) is 2. The zero-order chi connectivity index (χ0) is 21.6. The molecule has 1 aromatic heterocycles. The zero-order valence-corrected chi connectivity index (χ0v) is 16.9. The van der Waals surface area contributed by atoms with Crippen molar-refractivity contribution < 1.29 is 27.4 Å². The molecule has 9 nitrogen and oxygen atoms in total. The van der Waals surface area contributed by atoms with E-state index in [1.54, 1.807) is 12.3 Å². The van der Waals surface area contributed by atoms with Crippen molar-refractivity contribution in [2.45, 2.75) is 49.0 Å². The van der Waals surface area contributed by atoms with Crippen molar-refractivity contribution in [1.82, 2.24) is 20.0 Å². The maximum atomic E-state index is 13.0. The lowest BCUT2D eigenvalue weighted by Crippen LogP contribution is -2.51. The Balaban J connectivity index is 1.53. The lowest BCUT2D eigenvalue weighted by molar-refractivity contribution is -0.130. The molecule has 3 N–H and O–H groups in total. The largest absolute Gasteiger partial charge is 0.394 e.